The second-order valence-electron chi connectivity index (χ2n) is 7.16. The van der Waals surface area contributed by atoms with Gasteiger partial charge in [0.1, 0.15) is 12.2 Å². The number of hydrogen-bond acceptors (Lipinski definition) is 6. The SMILES string of the molecule is CN=C(NCC1CCN(Cc2csc(C)n2)CC1)N(C)Cc1ncnn1C. The predicted molar refractivity (Wildman–Crippen MR) is 109 cm³/mol. The topological polar surface area (TPSA) is 74.5 Å². The van der Waals surface area contributed by atoms with Gasteiger partial charge in [-0.05, 0) is 38.8 Å². The van der Waals surface area contributed by atoms with E-state index in [0.717, 1.165) is 43.0 Å². The summed E-state index contributed by atoms with van der Waals surface area (Å²) in [6, 6.07) is 0. The lowest BCUT2D eigenvalue weighted by Gasteiger charge is -2.32. The second-order valence-corrected chi connectivity index (χ2v) is 8.22. The molecular formula is C18H30N8S. The summed E-state index contributed by atoms with van der Waals surface area (Å²) >= 11 is 1.74. The maximum Gasteiger partial charge on any atom is 0.193 e. The zero-order valence-electron chi connectivity index (χ0n) is 16.7. The number of thiazole rings is 1. The van der Waals surface area contributed by atoms with Crippen LogP contribution in [-0.2, 0) is 20.1 Å². The first kappa shape index (κ1) is 19.8. The van der Waals surface area contributed by atoms with Crippen LogP contribution < -0.4 is 5.32 Å². The third-order valence-electron chi connectivity index (χ3n) is 5.07. The summed E-state index contributed by atoms with van der Waals surface area (Å²) in [6.07, 6.45) is 4.00. The molecule has 0 spiro atoms. The first-order valence-corrected chi connectivity index (χ1v) is 10.3. The Kier molecular flexibility index (Phi) is 6.78. The van der Waals surface area contributed by atoms with E-state index >= 15 is 0 Å². The Morgan fingerprint density at radius 2 is 2.19 bits per heavy atom. The zero-order valence-corrected chi connectivity index (χ0v) is 17.5. The summed E-state index contributed by atoms with van der Waals surface area (Å²) in [5.41, 5.74) is 1.21. The molecular weight excluding hydrogens is 360 g/mol. The zero-order chi connectivity index (χ0) is 19.2. The maximum atomic E-state index is 4.58. The maximum absolute atomic E-state index is 4.58. The molecule has 3 heterocycles. The molecule has 1 saturated heterocycles. The van der Waals surface area contributed by atoms with Crippen LogP contribution >= 0.6 is 11.3 Å². The second kappa shape index (κ2) is 9.27. The average molecular weight is 391 g/mol. The van der Waals surface area contributed by atoms with E-state index in [0.29, 0.717) is 12.5 Å². The van der Waals surface area contributed by atoms with E-state index in [4.69, 9.17) is 0 Å². The summed E-state index contributed by atoms with van der Waals surface area (Å²) in [5.74, 6) is 2.50. The van der Waals surface area contributed by atoms with Crippen molar-refractivity contribution in [3.05, 3.63) is 28.2 Å². The Bertz CT molecular complexity index is 744. The lowest BCUT2D eigenvalue weighted by Crippen LogP contribution is -2.43. The van der Waals surface area contributed by atoms with Gasteiger partial charge in [0.2, 0.25) is 0 Å². The molecule has 0 unspecified atom stereocenters. The van der Waals surface area contributed by atoms with Crippen LogP contribution in [0, 0.1) is 12.8 Å². The summed E-state index contributed by atoms with van der Waals surface area (Å²) < 4.78 is 1.79. The summed E-state index contributed by atoms with van der Waals surface area (Å²) in [7, 11) is 5.77. The number of nitrogens with one attached hydrogen (secondary N) is 1. The van der Waals surface area contributed by atoms with Crippen molar-refractivity contribution in [2.45, 2.75) is 32.9 Å². The number of guanidine groups is 1. The minimum atomic E-state index is 0.679. The number of rotatable bonds is 6. The predicted octanol–water partition coefficient (Wildman–Crippen LogP) is 1.50. The highest BCUT2D eigenvalue weighted by atomic mass is 32.1. The molecule has 0 saturated carbocycles. The van der Waals surface area contributed by atoms with Crippen LogP contribution in [0.2, 0.25) is 0 Å². The smallest absolute Gasteiger partial charge is 0.193 e. The third kappa shape index (κ3) is 5.49. The average Bonchev–Trinajstić information content (AvgIpc) is 3.25. The van der Waals surface area contributed by atoms with Crippen LogP contribution in [0.5, 0.6) is 0 Å². The summed E-state index contributed by atoms with van der Waals surface area (Å²) in [5, 5.41) is 11.0. The molecule has 8 nitrogen and oxygen atoms in total. The molecule has 1 N–H and O–H groups in total. The fraction of sp³-hybridized carbons (Fsp3) is 0.667. The van der Waals surface area contributed by atoms with Crippen molar-refractivity contribution in [3.8, 4) is 0 Å². The van der Waals surface area contributed by atoms with Gasteiger partial charge in [-0.25, -0.2) is 9.97 Å². The van der Waals surface area contributed by atoms with E-state index in [1.807, 2.05) is 21.1 Å². The molecule has 1 aliphatic heterocycles. The van der Waals surface area contributed by atoms with Crippen LogP contribution in [0.15, 0.2) is 16.7 Å². The molecule has 148 valence electrons. The van der Waals surface area contributed by atoms with Gasteiger partial charge in [0.25, 0.3) is 0 Å². The highest BCUT2D eigenvalue weighted by Gasteiger charge is 2.20. The molecule has 0 atom stereocenters. The molecule has 0 aromatic carbocycles. The fourth-order valence-corrected chi connectivity index (χ4v) is 4.03. The van der Waals surface area contributed by atoms with Crippen molar-refractivity contribution < 1.29 is 0 Å². The van der Waals surface area contributed by atoms with Gasteiger partial charge in [0, 0.05) is 39.6 Å². The molecule has 9 heteroatoms. The molecule has 0 bridgehead atoms. The molecule has 2 aromatic heterocycles. The molecule has 2 aromatic rings. The van der Waals surface area contributed by atoms with Crippen molar-refractivity contribution in [2.75, 3.05) is 33.7 Å². The number of piperidine rings is 1. The van der Waals surface area contributed by atoms with Gasteiger partial charge >= 0.3 is 0 Å². The Hall–Kier alpha value is -2.00. The van der Waals surface area contributed by atoms with Crippen molar-refractivity contribution in [2.24, 2.45) is 18.0 Å². The summed E-state index contributed by atoms with van der Waals surface area (Å²) in [6.45, 7) is 6.96. The van der Waals surface area contributed by atoms with Crippen molar-refractivity contribution in [3.63, 3.8) is 0 Å². The Labute approximate surface area is 165 Å². The number of aliphatic imine (C=N–C) groups is 1. The summed E-state index contributed by atoms with van der Waals surface area (Å²) in [4.78, 5) is 17.9. The lowest BCUT2D eigenvalue weighted by molar-refractivity contribution is 0.176. The van der Waals surface area contributed by atoms with E-state index < -0.39 is 0 Å². The van der Waals surface area contributed by atoms with Gasteiger partial charge in [0.15, 0.2) is 5.96 Å². The monoisotopic (exact) mass is 390 g/mol. The van der Waals surface area contributed by atoms with Crippen molar-refractivity contribution >= 4 is 17.3 Å². The van der Waals surface area contributed by atoms with E-state index in [-0.39, 0.29) is 0 Å². The Balaban J connectivity index is 1.41. The first-order valence-electron chi connectivity index (χ1n) is 9.43. The minimum absolute atomic E-state index is 0.679. The number of hydrogen-bond donors (Lipinski definition) is 1. The van der Waals surface area contributed by atoms with Crippen molar-refractivity contribution in [1.82, 2.24) is 34.9 Å². The molecule has 0 aliphatic carbocycles. The highest BCUT2D eigenvalue weighted by molar-refractivity contribution is 7.09. The van der Waals surface area contributed by atoms with Gasteiger partial charge < -0.3 is 10.2 Å². The largest absolute Gasteiger partial charge is 0.356 e. The van der Waals surface area contributed by atoms with E-state index in [2.05, 4.69) is 47.5 Å². The van der Waals surface area contributed by atoms with Gasteiger partial charge in [-0.3, -0.25) is 14.6 Å². The molecule has 0 amide bonds. The van der Waals surface area contributed by atoms with E-state index in [9.17, 15) is 0 Å². The van der Waals surface area contributed by atoms with E-state index in [1.54, 1.807) is 22.3 Å². The van der Waals surface area contributed by atoms with Gasteiger partial charge in [0.05, 0.1) is 17.2 Å². The highest BCUT2D eigenvalue weighted by Crippen LogP contribution is 2.19. The lowest BCUT2D eigenvalue weighted by atomic mass is 9.97. The number of aryl methyl sites for hydroxylation is 2. The molecule has 1 fully saturated rings. The standard InChI is InChI=1S/C18H30N8S/c1-14-23-16(12-27-14)10-26-7-5-15(6-8-26)9-20-18(19-2)24(3)11-17-21-13-22-25(17)4/h12-13,15H,5-11H2,1-4H3,(H,19,20). The van der Waals surface area contributed by atoms with Crippen molar-refractivity contribution in [1.29, 1.82) is 0 Å². The number of nitrogens with zero attached hydrogens (tertiary/aromatic N) is 7. The van der Waals surface area contributed by atoms with Crippen LogP contribution in [0.25, 0.3) is 0 Å². The van der Waals surface area contributed by atoms with Crippen LogP contribution in [-0.4, -0.2) is 69.2 Å². The fourth-order valence-electron chi connectivity index (χ4n) is 3.43. The molecule has 0 radical (unpaired) electrons. The van der Waals surface area contributed by atoms with Crippen LogP contribution in [0.1, 0.15) is 29.4 Å². The van der Waals surface area contributed by atoms with Crippen LogP contribution in [0.3, 0.4) is 0 Å². The Morgan fingerprint density at radius 3 is 2.78 bits per heavy atom. The number of likely N-dealkylation sites (tertiary alicyclic amines) is 1. The van der Waals surface area contributed by atoms with E-state index in [1.165, 1.54) is 18.5 Å². The molecule has 3 rings (SSSR count). The number of aromatic nitrogens is 4. The van der Waals surface area contributed by atoms with Crippen LogP contribution in [0.4, 0.5) is 0 Å². The minimum Gasteiger partial charge on any atom is -0.356 e. The van der Waals surface area contributed by atoms with Gasteiger partial charge in [-0.15, -0.1) is 11.3 Å². The molecule has 27 heavy (non-hydrogen) atoms. The van der Waals surface area contributed by atoms with Gasteiger partial charge in [-0.1, -0.05) is 0 Å². The Morgan fingerprint density at radius 1 is 1.41 bits per heavy atom. The molecule has 1 aliphatic rings. The normalized spacial score (nSPS) is 16.7. The van der Waals surface area contributed by atoms with Gasteiger partial charge in [-0.2, -0.15) is 5.10 Å². The third-order valence-corrected chi connectivity index (χ3v) is 5.89. The first-order chi connectivity index (χ1) is 13.0. The quantitative estimate of drug-likeness (QED) is 0.595.